The molecule has 0 bridgehead atoms. The van der Waals surface area contributed by atoms with E-state index in [9.17, 15) is 0 Å². The fraction of sp³-hybridized carbons (Fsp3) is 0.727. The average molecular weight is 335 g/mol. The molecule has 1 N–H and O–H groups in total. The molecule has 1 aromatic heterocycles. The van der Waals surface area contributed by atoms with Gasteiger partial charge in [-0.05, 0) is 42.4 Å². The molecule has 90 valence electrons. The van der Waals surface area contributed by atoms with E-state index in [-0.39, 0.29) is 0 Å². The summed E-state index contributed by atoms with van der Waals surface area (Å²) in [6.07, 6.45) is 6.73. The zero-order chi connectivity index (χ0) is 11.4. The Hall–Kier alpha value is -0.140. The maximum Gasteiger partial charge on any atom is 0.0726 e. The first-order chi connectivity index (χ1) is 7.75. The topological polar surface area (TPSA) is 39.1 Å². The van der Waals surface area contributed by atoms with Crippen molar-refractivity contribution < 1.29 is 4.74 Å². The molecule has 2 rings (SSSR count). The average Bonchev–Trinajstić information content (AvgIpc) is 2.89. The van der Waals surface area contributed by atoms with Crippen molar-refractivity contribution in [1.29, 1.82) is 0 Å². The van der Waals surface area contributed by atoms with Crippen LogP contribution in [0.5, 0.6) is 0 Å². The second kappa shape index (κ2) is 5.97. The van der Waals surface area contributed by atoms with Crippen molar-refractivity contribution in [3.63, 3.8) is 0 Å². The van der Waals surface area contributed by atoms with E-state index in [4.69, 9.17) is 4.74 Å². The van der Waals surface area contributed by atoms with Crippen LogP contribution in [-0.2, 0) is 11.3 Å². The van der Waals surface area contributed by atoms with Crippen LogP contribution in [0.3, 0.4) is 0 Å². The van der Waals surface area contributed by atoms with E-state index in [0.717, 1.165) is 19.7 Å². The molecule has 2 unspecified atom stereocenters. The van der Waals surface area contributed by atoms with Gasteiger partial charge in [0.15, 0.2) is 0 Å². The number of halogens is 1. The van der Waals surface area contributed by atoms with E-state index >= 15 is 0 Å². The third kappa shape index (κ3) is 3.43. The second-order valence-electron chi connectivity index (χ2n) is 4.22. The number of rotatable bonds is 5. The molecule has 5 heteroatoms. The molecule has 1 saturated heterocycles. The summed E-state index contributed by atoms with van der Waals surface area (Å²) in [4.78, 5) is 0. The number of aromatic nitrogens is 2. The molecule has 0 radical (unpaired) electrons. The van der Waals surface area contributed by atoms with Crippen LogP contribution in [0.1, 0.15) is 19.8 Å². The Morgan fingerprint density at radius 2 is 2.62 bits per heavy atom. The Labute approximate surface area is 110 Å². The van der Waals surface area contributed by atoms with Crippen molar-refractivity contribution in [2.75, 3.05) is 13.2 Å². The fourth-order valence-electron chi connectivity index (χ4n) is 2.00. The quantitative estimate of drug-likeness (QED) is 0.832. The Morgan fingerprint density at radius 3 is 3.25 bits per heavy atom. The third-order valence-corrected chi connectivity index (χ3v) is 3.49. The van der Waals surface area contributed by atoms with Crippen LogP contribution in [0.15, 0.2) is 12.4 Å². The van der Waals surface area contributed by atoms with E-state index in [2.05, 4.69) is 46.1 Å². The van der Waals surface area contributed by atoms with Crippen LogP contribution in [0.25, 0.3) is 0 Å². The minimum atomic E-state index is 0.401. The molecule has 0 saturated carbocycles. The summed E-state index contributed by atoms with van der Waals surface area (Å²) in [5, 5.41) is 7.74. The van der Waals surface area contributed by atoms with Gasteiger partial charge in [0.25, 0.3) is 0 Å². The molecule has 1 aliphatic heterocycles. The van der Waals surface area contributed by atoms with Gasteiger partial charge in [0, 0.05) is 25.4 Å². The first-order valence-electron chi connectivity index (χ1n) is 5.78. The summed E-state index contributed by atoms with van der Waals surface area (Å²) in [5.41, 5.74) is 0. The van der Waals surface area contributed by atoms with E-state index in [0.29, 0.717) is 12.1 Å². The van der Waals surface area contributed by atoms with Gasteiger partial charge in [-0.3, -0.25) is 4.68 Å². The first-order valence-corrected chi connectivity index (χ1v) is 6.86. The van der Waals surface area contributed by atoms with Gasteiger partial charge >= 0.3 is 0 Å². The normalized spacial score (nSPS) is 22.5. The van der Waals surface area contributed by atoms with Crippen molar-refractivity contribution in [3.8, 4) is 0 Å². The molecule has 0 spiro atoms. The Morgan fingerprint density at radius 1 is 1.75 bits per heavy atom. The fourth-order valence-corrected chi connectivity index (χ4v) is 2.44. The maximum atomic E-state index is 5.64. The highest BCUT2D eigenvalue weighted by Crippen LogP contribution is 2.15. The zero-order valence-electron chi connectivity index (χ0n) is 9.53. The monoisotopic (exact) mass is 335 g/mol. The second-order valence-corrected chi connectivity index (χ2v) is 5.46. The van der Waals surface area contributed by atoms with E-state index in [1.165, 1.54) is 16.4 Å². The molecule has 4 nitrogen and oxygen atoms in total. The molecule has 0 amide bonds. The highest BCUT2D eigenvalue weighted by Gasteiger charge is 2.21. The highest BCUT2D eigenvalue weighted by molar-refractivity contribution is 14.1. The number of hydrogen-bond donors (Lipinski definition) is 1. The highest BCUT2D eigenvalue weighted by atomic mass is 127. The predicted octanol–water partition coefficient (Wildman–Crippen LogP) is 1.64. The van der Waals surface area contributed by atoms with Gasteiger partial charge in [0.2, 0.25) is 0 Å². The molecule has 16 heavy (non-hydrogen) atoms. The van der Waals surface area contributed by atoms with Gasteiger partial charge in [-0.15, -0.1) is 0 Å². The number of nitrogens with zero attached hydrogens (tertiary/aromatic N) is 2. The van der Waals surface area contributed by atoms with Gasteiger partial charge in [-0.1, -0.05) is 0 Å². The SMILES string of the molecule is CC(NCCn1cc(I)cn1)C1CCCO1. The van der Waals surface area contributed by atoms with Crippen LogP contribution < -0.4 is 5.32 Å². The first kappa shape index (κ1) is 12.3. The van der Waals surface area contributed by atoms with Crippen LogP contribution in [0.4, 0.5) is 0 Å². The van der Waals surface area contributed by atoms with Crippen molar-refractivity contribution >= 4 is 22.6 Å². The lowest BCUT2D eigenvalue weighted by Crippen LogP contribution is -2.38. The summed E-state index contributed by atoms with van der Waals surface area (Å²) in [6, 6.07) is 0.442. The lowest BCUT2D eigenvalue weighted by molar-refractivity contribution is 0.0834. The van der Waals surface area contributed by atoms with Crippen molar-refractivity contribution in [3.05, 3.63) is 16.0 Å². The minimum Gasteiger partial charge on any atom is -0.377 e. The zero-order valence-corrected chi connectivity index (χ0v) is 11.7. The molecule has 0 aromatic carbocycles. The molecular formula is C11H18IN3O. The molecular weight excluding hydrogens is 317 g/mol. The van der Waals surface area contributed by atoms with Crippen molar-refractivity contribution in [1.82, 2.24) is 15.1 Å². The largest absolute Gasteiger partial charge is 0.377 e. The number of ether oxygens (including phenoxy) is 1. The lowest BCUT2D eigenvalue weighted by atomic mass is 10.1. The van der Waals surface area contributed by atoms with Gasteiger partial charge in [-0.25, -0.2) is 0 Å². The Balaban J connectivity index is 1.67. The lowest BCUT2D eigenvalue weighted by Gasteiger charge is -2.19. The van der Waals surface area contributed by atoms with Gasteiger partial charge in [-0.2, -0.15) is 5.10 Å². The van der Waals surface area contributed by atoms with Crippen LogP contribution >= 0.6 is 22.6 Å². The van der Waals surface area contributed by atoms with Crippen molar-refractivity contribution in [2.24, 2.45) is 0 Å². The van der Waals surface area contributed by atoms with Crippen LogP contribution in [0, 0.1) is 3.57 Å². The van der Waals surface area contributed by atoms with Crippen LogP contribution in [0.2, 0.25) is 0 Å². The Bertz CT molecular complexity index is 323. The molecule has 1 fully saturated rings. The third-order valence-electron chi connectivity index (χ3n) is 2.93. The van der Waals surface area contributed by atoms with Gasteiger partial charge < -0.3 is 10.1 Å². The smallest absolute Gasteiger partial charge is 0.0726 e. The van der Waals surface area contributed by atoms with Crippen molar-refractivity contribution in [2.45, 2.75) is 38.5 Å². The van der Waals surface area contributed by atoms with E-state index in [1.54, 1.807) is 0 Å². The molecule has 2 atom stereocenters. The molecule has 1 aromatic rings. The maximum absolute atomic E-state index is 5.64. The summed E-state index contributed by atoms with van der Waals surface area (Å²) >= 11 is 2.27. The predicted molar refractivity (Wildman–Crippen MR) is 71.4 cm³/mol. The molecule has 2 heterocycles. The van der Waals surface area contributed by atoms with E-state index in [1.807, 2.05) is 10.9 Å². The molecule has 1 aliphatic rings. The van der Waals surface area contributed by atoms with E-state index < -0.39 is 0 Å². The van der Waals surface area contributed by atoms with Gasteiger partial charge in [0.1, 0.15) is 0 Å². The van der Waals surface area contributed by atoms with Gasteiger partial charge in [0.05, 0.1) is 22.4 Å². The Kier molecular flexibility index (Phi) is 4.60. The molecule has 0 aliphatic carbocycles. The number of nitrogens with one attached hydrogen (secondary N) is 1. The summed E-state index contributed by atoms with van der Waals surface area (Å²) < 4.78 is 8.79. The summed E-state index contributed by atoms with van der Waals surface area (Å²) in [7, 11) is 0. The number of hydrogen-bond acceptors (Lipinski definition) is 3. The standard InChI is InChI=1S/C11H18IN3O/c1-9(11-3-2-6-16-11)13-4-5-15-8-10(12)7-14-15/h7-9,11,13H,2-6H2,1H3. The van der Waals surface area contributed by atoms with Crippen LogP contribution in [-0.4, -0.2) is 35.1 Å². The summed E-state index contributed by atoms with van der Waals surface area (Å²) in [6.45, 7) is 4.98. The summed E-state index contributed by atoms with van der Waals surface area (Å²) in [5.74, 6) is 0. The minimum absolute atomic E-state index is 0.401.